The summed E-state index contributed by atoms with van der Waals surface area (Å²) in [6.45, 7) is 7.04. The van der Waals surface area contributed by atoms with Crippen molar-refractivity contribution in [2.24, 2.45) is 0 Å². The summed E-state index contributed by atoms with van der Waals surface area (Å²) in [5.41, 5.74) is 7.07. The number of amides is 2. The zero-order chi connectivity index (χ0) is 33.8. The van der Waals surface area contributed by atoms with E-state index in [4.69, 9.17) is 0 Å². The molecule has 4 rings (SSSR count). The molecule has 2 heterocycles. The molecule has 48 heavy (non-hydrogen) atoms. The van der Waals surface area contributed by atoms with Crippen LogP contribution >= 0.6 is 21.6 Å². The zero-order valence-corrected chi connectivity index (χ0v) is 29.8. The van der Waals surface area contributed by atoms with E-state index in [9.17, 15) is 9.59 Å². The van der Waals surface area contributed by atoms with Crippen molar-refractivity contribution in [3.63, 3.8) is 0 Å². The van der Waals surface area contributed by atoms with Crippen molar-refractivity contribution >= 4 is 57.7 Å². The Bertz CT molecular complexity index is 1510. The molecule has 8 heteroatoms. The van der Waals surface area contributed by atoms with Gasteiger partial charge in [0.2, 0.25) is 23.2 Å². The molecule has 2 aromatic heterocycles. The normalized spacial score (nSPS) is 11.3. The molecular weight excluding hydrogens is 633 g/mol. The van der Waals surface area contributed by atoms with Crippen molar-refractivity contribution in [3.05, 3.63) is 131 Å². The molecule has 0 aliphatic heterocycles. The lowest BCUT2D eigenvalue weighted by atomic mass is 10.1. The van der Waals surface area contributed by atoms with Crippen LogP contribution in [0.3, 0.4) is 0 Å². The lowest BCUT2D eigenvalue weighted by Gasteiger charge is -2.06. The highest BCUT2D eigenvalue weighted by Gasteiger charge is 2.10. The smallest absolute Gasteiger partial charge is 0.220 e. The van der Waals surface area contributed by atoms with Gasteiger partial charge in [0.15, 0.2) is 12.4 Å². The van der Waals surface area contributed by atoms with Crippen LogP contribution in [0.1, 0.15) is 59.3 Å². The van der Waals surface area contributed by atoms with E-state index in [1.165, 1.54) is 22.3 Å². The van der Waals surface area contributed by atoms with Crippen molar-refractivity contribution < 1.29 is 18.7 Å². The zero-order valence-electron chi connectivity index (χ0n) is 28.1. The Labute approximate surface area is 294 Å². The van der Waals surface area contributed by atoms with Crippen LogP contribution in [-0.2, 0) is 22.7 Å². The Morgan fingerprint density at radius 3 is 1.42 bits per heavy atom. The molecule has 0 radical (unpaired) electrons. The maximum absolute atomic E-state index is 12.4. The molecule has 250 valence electrons. The van der Waals surface area contributed by atoms with E-state index in [0.717, 1.165) is 48.8 Å². The SMILES string of the molecule is Cc1ccc(/C=C/c2cccc[n+]2CCCC(=O)NCCSSCCNC(=O)CCC[n+]2ccccc2/C=C/c2ccc(C)cc2)cc1. The first-order chi connectivity index (χ1) is 23.5. The summed E-state index contributed by atoms with van der Waals surface area (Å²) >= 11 is 0. The Morgan fingerprint density at radius 1 is 0.583 bits per heavy atom. The lowest BCUT2D eigenvalue weighted by molar-refractivity contribution is -0.699. The average Bonchev–Trinajstić information content (AvgIpc) is 3.10. The molecule has 0 fully saturated rings. The maximum Gasteiger partial charge on any atom is 0.220 e. The van der Waals surface area contributed by atoms with E-state index in [1.54, 1.807) is 21.6 Å². The highest BCUT2D eigenvalue weighted by Crippen LogP contribution is 2.19. The average molecular weight is 681 g/mol. The van der Waals surface area contributed by atoms with Gasteiger partial charge >= 0.3 is 0 Å². The highest BCUT2D eigenvalue weighted by molar-refractivity contribution is 8.76. The summed E-state index contributed by atoms with van der Waals surface area (Å²) < 4.78 is 4.38. The third-order valence-corrected chi connectivity index (χ3v) is 10.1. The molecule has 4 aromatic rings. The van der Waals surface area contributed by atoms with Crippen LogP contribution in [0.4, 0.5) is 0 Å². The van der Waals surface area contributed by atoms with E-state index in [1.807, 2.05) is 24.3 Å². The van der Waals surface area contributed by atoms with E-state index in [-0.39, 0.29) is 11.8 Å². The minimum Gasteiger partial charge on any atom is -0.355 e. The number of benzene rings is 2. The van der Waals surface area contributed by atoms with Crippen molar-refractivity contribution in [1.82, 2.24) is 10.6 Å². The molecule has 6 nitrogen and oxygen atoms in total. The van der Waals surface area contributed by atoms with Crippen molar-refractivity contribution in [1.29, 1.82) is 0 Å². The van der Waals surface area contributed by atoms with Crippen molar-refractivity contribution in [2.45, 2.75) is 52.6 Å². The quantitative estimate of drug-likeness (QED) is 0.0631. The third kappa shape index (κ3) is 13.9. The Kier molecular flexibility index (Phi) is 16.0. The predicted molar refractivity (Wildman–Crippen MR) is 203 cm³/mol. The number of nitrogens with one attached hydrogen (secondary N) is 2. The van der Waals surface area contributed by atoms with Gasteiger partial charge in [0.05, 0.1) is 0 Å². The number of hydrogen-bond donors (Lipinski definition) is 2. The molecule has 0 saturated heterocycles. The Balaban J connectivity index is 1.01. The number of pyridine rings is 2. The molecule has 0 aliphatic carbocycles. The van der Waals surface area contributed by atoms with E-state index in [2.05, 4.69) is 131 Å². The molecular formula is C40H48N4O2S2+2. The fourth-order valence-corrected chi connectivity index (χ4v) is 6.80. The first kappa shape index (κ1) is 36.7. The van der Waals surface area contributed by atoms with E-state index >= 15 is 0 Å². The fourth-order valence-electron chi connectivity index (χ4n) is 4.99. The fraction of sp³-hybridized carbons (Fsp3) is 0.300. The number of aryl methyl sites for hydroxylation is 4. The van der Waals surface area contributed by atoms with Crippen molar-refractivity contribution in [3.8, 4) is 0 Å². The number of hydrogen-bond acceptors (Lipinski definition) is 4. The summed E-state index contributed by atoms with van der Waals surface area (Å²) in [5.74, 6) is 1.84. The van der Waals surface area contributed by atoms with Gasteiger partial charge in [-0.05, 0) is 49.3 Å². The molecule has 0 bridgehead atoms. The van der Waals surface area contributed by atoms with Gasteiger partial charge in [-0.25, -0.2) is 0 Å². The van der Waals surface area contributed by atoms with Crippen LogP contribution in [0, 0.1) is 13.8 Å². The molecule has 0 unspecified atom stereocenters. The maximum atomic E-state index is 12.4. The molecule has 0 spiro atoms. The van der Waals surface area contributed by atoms with Gasteiger partial charge in [0.1, 0.15) is 13.1 Å². The second-order valence-corrected chi connectivity index (χ2v) is 14.4. The van der Waals surface area contributed by atoms with Crippen LogP contribution in [0.5, 0.6) is 0 Å². The predicted octanol–water partition coefficient (Wildman–Crippen LogP) is 7.09. The lowest BCUT2D eigenvalue weighted by Crippen LogP contribution is -2.37. The Morgan fingerprint density at radius 2 is 1.00 bits per heavy atom. The summed E-state index contributed by atoms with van der Waals surface area (Å²) in [4.78, 5) is 24.7. The van der Waals surface area contributed by atoms with Gasteiger partial charge in [-0.3, -0.25) is 9.59 Å². The Hall–Kier alpha value is -4.14. The third-order valence-electron chi connectivity index (χ3n) is 7.70. The van der Waals surface area contributed by atoms with Gasteiger partial charge in [0.25, 0.3) is 0 Å². The van der Waals surface area contributed by atoms with E-state index in [0.29, 0.717) is 25.9 Å². The number of aromatic nitrogens is 2. The van der Waals surface area contributed by atoms with Gasteiger partial charge in [0, 0.05) is 86.7 Å². The largest absolute Gasteiger partial charge is 0.355 e. The summed E-state index contributed by atoms with van der Waals surface area (Å²) in [5, 5.41) is 6.06. The van der Waals surface area contributed by atoms with E-state index < -0.39 is 0 Å². The monoisotopic (exact) mass is 680 g/mol. The molecule has 2 N–H and O–H groups in total. The summed E-state index contributed by atoms with van der Waals surface area (Å²) in [6.07, 6.45) is 15.2. The number of rotatable bonds is 19. The van der Waals surface area contributed by atoms with Gasteiger partial charge in [-0.1, -0.05) is 81.2 Å². The van der Waals surface area contributed by atoms with Crippen LogP contribution in [-0.4, -0.2) is 36.4 Å². The number of carbonyl (C=O) groups excluding carboxylic acids is 2. The first-order valence-corrected chi connectivity index (χ1v) is 19.2. The van der Waals surface area contributed by atoms with Gasteiger partial charge in [-0.2, -0.15) is 9.13 Å². The minimum absolute atomic E-state index is 0.0872. The van der Waals surface area contributed by atoms with Crippen LogP contribution in [0.25, 0.3) is 24.3 Å². The number of nitrogens with zero attached hydrogens (tertiary/aromatic N) is 2. The standard InChI is InChI=1S/C40H46N4O2S2/c1-33-13-17-35(18-14-33)21-23-37-9-3-5-27-43(37)29-7-11-39(45)41-25-31-47-48-32-26-42-40(46)12-8-30-44-28-6-4-10-38(44)24-22-36-19-15-34(2)16-20-36/h3-6,9-10,13-24,27-28H,7-8,11-12,25-26,29-32H2,1-2H3/p+2/b23-21+,24-22+. The summed E-state index contributed by atoms with van der Waals surface area (Å²) in [6, 6.07) is 29.3. The molecule has 0 aliphatic rings. The van der Waals surface area contributed by atoms with Crippen LogP contribution < -0.4 is 19.8 Å². The summed E-state index contributed by atoms with van der Waals surface area (Å²) in [7, 11) is 3.45. The van der Waals surface area contributed by atoms with Crippen LogP contribution in [0.15, 0.2) is 97.3 Å². The van der Waals surface area contributed by atoms with Gasteiger partial charge in [-0.15, -0.1) is 0 Å². The molecule has 2 amide bonds. The second kappa shape index (κ2) is 21.0. The highest BCUT2D eigenvalue weighted by atomic mass is 33.1. The van der Waals surface area contributed by atoms with Crippen molar-refractivity contribution in [2.75, 3.05) is 24.6 Å². The van der Waals surface area contributed by atoms with Gasteiger partial charge < -0.3 is 10.6 Å². The number of carbonyl (C=O) groups is 2. The second-order valence-electron chi connectivity index (χ2n) is 11.7. The molecule has 0 atom stereocenters. The van der Waals surface area contributed by atoms with Crippen LogP contribution in [0.2, 0.25) is 0 Å². The minimum atomic E-state index is 0.0872. The molecule has 2 aromatic carbocycles. The first-order valence-electron chi connectivity index (χ1n) is 16.7. The molecule has 0 saturated carbocycles. The topological polar surface area (TPSA) is 66.0 Å².